The monoisotopic (exact) mass is 391 g/mol. The molecule has 0 aliphatic carbocycles. The highest BCUT2D eigenvalue weighted by molar-refractivity contribution is 5.88. The van der Waals surface area contributed by atoms with E-state index in [1.807, 2.05) is 0 Å². The van der Waals surface area contributed by atoms with Gasteiger partial charge in [0, 0.05) is 19.2 Å². The van der Waals surface area contributed by atoms with Gasteiger partial charge in [-0.15, -0.1) is 24.8 Å². The van der Waals surface area contributed by atoms with E-state index in [1.165, 1.54) is 26.0 Å². The normalized spacial score (nSPS) is 18.8. The summed E-state index contributed by atoms with van der Waals surface area (Å²) in [5, 5.41) is 3.43. The molecule has 0 spiro atoms. The Kier molecular flexibility index (Phi) is 8.68. The predicted molar refractivity (Wildman–Crippen MR) is 103 cm³/mol. The highest BCUT2D eigenvalue weighted by atomic mass is 35.5. The first-order valence-electron chi connectivity index (χ1n) is 8.36. The fraction of sp³-hybridized carbons (Fsp3) is 0.688. The van der Waals surface area contributed by atoms with Crippen molar-refractivity contribution in [3.05, 3.63) is 11.8 Å². The summed E-state index contributed by atoms with van der Waals surface area (Å²) >= 11 is 0. The van der Waals surface area contributed by atoms with Crippen molar-refractivity contribution in [3.8, 4) is 0 Å². The Labute approximate surface area is 160 Å². The Morgan fingerprint density at radius 2 is 1.76 bits per heavy atom. The van der Waals surface area contributed by atoms with Gasteiger partial charge in [0.1, 0.15) is 5.82 Å². The van der Waals surface area contributed by atoms with Crippen LogP contribution in [0.1, 0.15) is 36.2 Å². The van der Waals surface area contributed by atoms with Crippen molar-refractivity contribution in [1.29, 1.82) is 0 Å². The Morgan fingerprint density at radius 1 is 1.16 bits per heavy atom. The average Bonchev–Trinajstić information content (AvgIpc) is 2.61. The third-order valence-corrected chi connectivity index (χ3v) is 5.00. The molecule has 0 radical (unpaired) electrons. The fourth-order valence-corrected chi connectivity index (χ4v) is 3.69. The quantitative estimate of drug-likeness (QED) is 0.759. The first-order valence-corrected chi connectivity index (χ1v) is 8.36. The van der Waals surface area contributed by atoms with E-state index >= 15 is 0 Å². The molecule has 3 heterocycles. The van der Waals surface area contributed by atoms with Crippen molar-refractivity contribution in [2.75, 3.05) is 43.9 Å². The van der Waals surface area contributed by atoms with Crippen LogP contribution in [-0.2, 0) is 4.74 Å². The van der Waals surface area contributed by atoms with Gasteiger partial charge in [-0.05, 0) is 50.6 Å². The van der Waals surface area contributed by atoms with Gasteiger partial charge in [-0.1, -0.05) is 0 Å². The van der Waals surface area contributed by atoms with Crippen LogP contribution >= 0.6 is 24.8 Å². The molecule has 0 amide bonds. The molecule has 7 nitrogen and oxygen atoms in total. The molecule has 3 N–H and O–H groups in total. The van der Waals surface area contributed by atoms with Crippen LogP contribution in [0.2, 0.25) is 0 Å². The second-order valence-corrected chi connectivity index (χ2v) is 6.38. The molecule has 0 atom stereocenters. The summed E-state index contributed by atoms with van der Waals surface area (Å²) in [5.74, 6) is 1.98. The molecule has 0 aromatic carbocycles. The molecule has 2 aliphatic heterocycles. The molecule has 1 aromatic heterocycles. The molecule has 2 aliphatic rings. The smallest absolute Gasteiger partial charge is 0.356 e. The maximum atomic E-state index is 11.7. The number of aromatic nitrogens is 2. The Morgan fingerprint density at radius 3 is 2.36 bits per heavy atom. The van der Waals surface area contributed by atoms with E-state index in [-0.39, 0.29) is 30.5 Å². The molecular formula is C16H27Cl2N5O2. The zero-order valence-electron chi connectivity index (χ0n) is 14.4. The van der Waals surface area contributed by atoms with E-state index in [4.69, 9.17) is 10.5 Å². The van der Waals surface area contributed by atoms with Crippen LogP contribution < -0.4 is 16.0 Å². The van der Waals surface area contributed by atoms with E-state index in [0.29, 0.717) is 11.8 Å². The van der Waals surface area contributed by atoms with E-state index in [0.717, 1.165) is 50.9 Å². The number of ether oxygens (including phenoxy) is 1. The van der Waals surface area contributed by atoms with Gasteiger partial charge in [-0.3, -0.25) is 0 Å². The highest BCUT2D eigenvalue weighted by Crippen LogP contribution is 2.31. The van der Waals surface area contributed by atoms with Gasteiger partial charge >= 0.3 is 5.97 Å². The number of hydrogen-bond donors (Lipinski definition) is 2. The minimum Gasteiger partial charge on any atom is -0.464 e. The second kappa shape index (κ2) is 9.99. The van der Waals surface area contributed by atoms with E-state index in [2.05, 4.69) is 20.2 Å². The summed E-state index contributed by atoms with van der Waals surface area (Å²) in [5.41, 5.74) is 6.03. The number of nitrogen functional groups attached to an aromatic ring is 1. The van der Waals surface area contributed by atoms with Crippen LogP contribution in [0.3, 0.4) is 0 Å². The number of piperidine rings is 2. The Hall–Kier alpha value is -1.31. The van der Waals surface area contributed by atoms with Gasteiger partial charge in [0.25, 0.3) is 0 Å². The second-order valence-electron chi connectivity index (χ2n) is 6.38. The van der Waals surface area contributed by atoms with Crippen LogP contribution in [-0.4, -0.2) is 49.2 Å². The van der Waals surface area contributed by atoms with E-state index < -0.39 is 5.97 Å². The first-order chi connectivity index (χ1) is 11.2. The lowest BCUT2D eigenvalue weighted by Crippen LogP contribution is -2.40. The number of hydrogen-bond acceptors (Lipinski definition) is 7. The van der Waals surface area contributed by atoms with E-state index in [9.17, 15) is 4.79 Å². The van der Waals surface area contributed by atoms with Crippen LogP contribution in [0.25, 0.3) is 0 Å². The van der Waals surface area contributed by atoms with Crippen molar-refractivity contribution in [3.63, 3.8) is 0 Å². The summed E-state index contributed by atoms with van der Waals surface area (Å²) in [4.78, 5) is 22.4. The predicted octanol–water partition coefficient (Wildman–Crippen LogP) is 1.91. The number of nitrogens with two attached hydrogens (primary N) is 1. The molecule has 0 saturated carbocycles. The maximum absolute atomic E-state index is 11.7. The molecule has 25 heavy (non-hydrogen) atoms. The lowest BCUT2D eigenvalue weighted by atomic mass is 9.79. The third-order valence-electron chi connectivity index (χ3n) is 5.00. The van der Waals surface area contributed by atoms with Crippen molar-refractivity contribution in [1.82, 2.24) is 15.3 Å². The van der Waals surface area contributed by atoms with Crippen molar-refractivity contribution >= 4 is 42.5 Å². The number of methoxy groups -OCH3 is 1. The molecule has 0 bridgehead atoms. The number of carbonyl (C=O) groups is 1. The molecule has 142 valence electrons. The highest BCUT2D eigenvalue weighted by Gasteiger charge is 2.28. The number of anilines is 2. The largest absolute Gasteiger partial charge is 0.464 e. The van der Waals surface area contributed by atoms with Crippen LogP contribution in [0, 0.1) is 11.8 Å². The molecule has 1 aromatic rings. The average molecular weight is 392 g/mol. The van der Waals surface area contributed by atoms with Gasteiger partial charge in [0.05, 0.1) is 7.11 Å². The summed E-state index contributed by atoms with van der Waals surface area (Å²) in [7, 11) is 1.34. The van der Waals surface area contributed by atoms with Gasteiger partial charge in [0.2, 0.25) is 5.95 Å². The zero-order chi connectivity index (χ0) is 16.2. The van der Waals surface area contributed by atoms with Gasteiger partial charge in [0.15, 0.2) is 5.69 Å². The summed E-state index contributed by atoms with van der Waals surface area (Å²) in [6.07, 6.45) is 4.87. The lowest BCUT2D eigenvalue weighted by Gasteiger charge is -2.37. The van der Waals surface area contributed by atoms with Gasteiger partial charge in [-0.25, -0.2) is 9.78 Å². The number of rotatable bonds is 3. The SMILES string of the molecule is COC(=O)c1cc(N)nc(N2CCC(C3CCNCC3)CC2)n1.Cl.Cl. The number of nitrogens with zero attached hydrogens (tertiary/aromatic N) is 3. The lowest BCUT2D eigenvalue weighted by molar-refractivity contribution is 0.0594. The standard InChI is InChI=1S/C16H25N5O2.2ClH/c1-23-15(22)13-10-14(17)20-16(19-13)21-8-4-12(5-9-21)11-2-6-18-7-3-11;;/h10-12,18H,2-9H2,1H3,(H2,17,19,20);2*1H. The zero-order valence-corrected chi connectivity index (χ0v) is 16.1. The summed E-state index contributed by atoms with van der Waals surface area (Å²) < 4.78 is 4.72. The van der Waals surface area contributed by atoms with E-state index in [1.54, 1.807) is 0 Å². The molecular weight excluding hydrogens is 365 g/mol. The van der Waals surface area contributed by atoms with Crippen molar-refractivity contribution < 1.29 is 9.53 Å². The molecule has 2 fully saturated rings. The minimum absolute atomic E-state index is 0. The Balaban J connectivity index is 0.00000156. The number of halogens is 2. The Bertz CT molecular complexity index is 561. The number of carbonyl (C=O) groups excluding carboxylic acids is 1. The van der Waals surface area contributed by atoms with Crippen LogP contribution in [0.5, 0.6) is 0 Å². The topological polar surface area (TPSA) is 93.4 Å². The van der Waals surface area contributed by atoms with Crippen LogP contribution in [0.15, 0.2) is 6.07 Å². The molecule has 3 rings (SSSR count). The third kappa shape index (κ3) is 5.33. The summed E-state index contributed by atoms with van der Waals surface area (Å²) in [6.45, 7) is 4.12. The van der Waals surface area contributed by atoms with Gasteiger partial charge in [-0.2, -0.15) is 4.98 Å². The molecule has 0 unspecified atom stereocenters. The maximum Gasteiger partial charge on any atom is 0.356 e. The van der Waals surface area contributed by atoms with Gasteiger partial charge < -0.3 is 20.7 Å². The van der Waals surface area contributed by atoms with Crippen molar-refractivity contribution in [2.45, 2.75) is 25.7 Å². The first kappa shape index (κ1) is 21.7. The molecule has 9 heteroatoms. The summed E-state index contributed by atoms with van der Waals surface area (Å²) in [6, 6.07) is 1.46. The van der Waals surface area contributed by atoms with Crippen LogP contribution in [0.4, 0.5) is 11.8 Å². The number of esters is 1. The number of nitrogens with one attached hydrogen (secondary N) is 1. The van der Waals surface area contributed by atoms with Crippen molar-refractivity contribution in [2.24, 2.45) is 11.8 Å². The minimum atomic E-state index is -0.482. The molecule has 2 saturated heterocycles. The fourth-order valence-electron chi connectivity index (χ4n) is 3.69.